The third kappa shape index (κ3) is 2.16. The molecule has 1 saturated carbocycles. The Morgan fingerprint density at radius 3 is 2.81 bits per heavy atom. The lowest BCUT2D eigenvalue weighted by atomic mass is 9.55. The Kier molecular flexibility index (Phi) is 3.57. The van der Waals surface area contributed by atoms with Gasteiger partial charge in [0.25, 0.3) is 0 Å². The summed E-state index contributed by atoms with van der Waals surface area (Å²) in [5.41, 5.74) is 3.28. The molecule has 1 aromatic heterocycles. The first kappa shape index (κ1) is 16.5. The Morgan fingerprint density at radius 1 is 1.23 bits per heavy atom. The minimum atomic E-state index is -0.396. The van der Waals surface area contributed by atoms with E-state index in [1.165, 1.54) is 17.5 Å². The summed E-state index contributed by atoms with van der Waals surface area (Å²) in [7, 11) is 0. The third-order valence-electron chi connectivity index (χ3n) is 7.07. The number of hydrogen-bond donors (Lipinski definition) is 0. The van der Waals surface area contributed by atoms with Crippen LogP contribution in [-0.4, -0.2) is 28.6 Å². The number of fused-ring (bicyclic) bond motifs is 3. The number of imidazole rings is 1. The standard InChI is InChI=1S/C21H25FN2O2/c1-14-17-6-7-18-19(20(17,2)8-9-21(14)25-10-11-26-21)23-13-24(18)16-5-3-4-15(22)12-16/h3-5,12-14,17H,6-11H2,1-2H3/t14-,17-,20-/m1/s1. The molecule has 4 nitrogen and oxygen atoms in total. The highest BCUT2D eigenvalue weighted by molar-refractivity contribution is 5.39. The molecule has 138 valence electrons. The monoisotopic (exact) mass is 356 g/mol. The summed E-state index contributed by atoms with van der Waals surface area (Å²) in [6.45, 7) is 6.03. The Hall–Kier alpha value is -1.72. The topological polar surface area (TPSA) is 36.3 Å². The lowest BCUT2D eigenvalue weighted by molar-refractivity contribution is -0.234. The summed E-state index contributed by atoms with van der Waals surface area (Å²) in [5.74, 6) is 0.217. The maximum atomic E-state index is 13.7. The van der Waals surface area contributed by atoms with Gasteiger partial charge in [-0.1, -0.05) is 19.9 Å². The first-order valence-electron chi connectivity index (χ1n) is 9.64. The molecule has 0 unspecified atom stereocenters. The van der Waals surface area contributed by atoms with Crippen LogP contribution in [0.2, 0.25) is 0 Å². The number of hydrogen-bond acceptors (Lipinski definition) is 3. The van der Waals surface area contributed by atoms with Gasteiger partial charge in [-0.15, -0.1) is 0 Å². The highest BCUT2D eigenvalue weighted by atomic mass is 19.1. The van der Waals surface area contributed by atoms with Crippen molar-refractivity contribution in [3.8, 4) is 5.69 Å². The van der Waals surface area contributed by atoms with E-state index in [9.17, 15) is 4.39 Å². The molecule has 2 fully saturated rings. The van der Waals surface area contributed by atoms with E-state index in [2.05, 4.69) is 18.4 Å². The molecule has 3 atom stereocenters. The molecule has 5 heteroatoms. The SMILES string of the molecule is C[C@@H]1[C@H]2CCc3c(ncn3-c3cccc(F)c3)[C@]2(C)CCC12OCCO2. The van der Waals surface area contributed by atoms with Crippen LogP contribution in [-0.2, 0) is 21.3 Å². The van der Waals surface area contributed by atoms with Crippen LogP contribution in [0.5, 0.6) is 0 Å². The largest absolute Gasteiger partial charge is 0.347 e. The van der Waals surface area contributed by atoms with Crippen LogP contribution < -0.4 is 0 Å². The van der Waals surface area contributed by atoms with Crippen molar-refractivity contribution < 1.29 is 13.9 Å². The van der Waals surface area contributed by atoms with Crippen LogP contribution >= 0.6 is 0 Å². The molecule has 2 heterocycles. The van der Waals surface area contributed by atoms with Gasteiger partial charge in [0.2, 0.25) is 0 Å². The minimum Gasteiger partial charge on any atom is -0.347 e. The molecular weight excluding hydrogens is 331 g/mol. The van der Waals surface area contributed by atoms with Crippen LogP contribution in [0.25, 0.3) is 5.69 Å². The summed E-state index contributed by atoms with van der Waals surface area (Å²) in [6.07, 6.45) is 5.82. The van der Waals surface area contributed by atoms with E-state index in [4.69, 9.17) is 14.5 Å². The van der Waals surface area contributed by atoms with Crippen molar-refractivity contribution in [1.82, 2.24) is 9.55 Å². The molecule has 1 spiro atoms. The van der Waals surface area contributed by atoms with Crippen molar-refractivity contribution in [1.29, 1.82) is 0 Å². The first-order chi connectivity index (χ1) is 12.5. The van der Waals surface area contributed by atoms with Gasteiger partial charge in [0.05, 0.1) is 25.2 Å². The van der Waals surface area contributed by atoms with Gasteiger partial charge in [0.1, 0.15) is 5.82 Å². The highest BCUT2D eigenvalue weighted by Gasteiger charge is 2.57. The smallest absolute Gasteiger partial charge is 0.171 e. The maximum absolute atomic E-state index is 13.7. The Bertz CT molecular complexity index is 842. The summed E-state index contributed by atoms with van der Waals surface area (Å²) in [4.78, 5) is 4.83. The zero-order valence-electron chi connectivity index (χ0n) is 15.4. The summed E-state index contributed by atoms with van der Waals surface area (Å²) in [5, 5.41) is 0. The molecule has 2 aliphatic carbocycles. The minimum absolute atomic E-state index is 0.0200. The summed E-state index contributed by atoms with van der Waals surface area (Å²) >= 11 is 0. The second-order valence-electron chi connectivity index (χ2n) is 8.25. The van der Waals surface area contributed by atoms with Crippen molar-refractivity contribution in [3.05, 3.63) is 47.8 Å². The highest BCUT2D eigenvalue weighted by Crippen LogP contribution is 2.56. The van der Waals surface area contributed by atoms with Crippen molar-refractivity contribution >= 4 is 0 Å². The molecule has 5 rings (SSSR count). The fourth-order valence-corrected chi connectivity index (χ4v) is 5.68. The Labute approximate surface area is 153 Å². The van der Waals surface area contributed by atoms with E-state index in [1.54, 1.807) is 12.1 Å². The van der Waals surface area contributed by atoms with Crippen molar-refractivity contribution in [3.63, 3.8) is 0 Å². The second-order valence-corrected chi connectivity index (χ2v) is 8.25. The predicted molar refractivity (Wildman–Crippen MR) is 95.7 cm³/mol. The molecule has 0 bridgehead atoms. The van der Waals surface area contributed by atoms with Crippen LogP contribution in [0, 0.1) is 17.7 Å². The zero-order valence-corrected chi connectivity index (χ0v) is 15.4. The van der Waals surface area contributed by atoms with Crippen LogP contribution in [0.1, 0.15) is 44.5 Å². The molecule has 0 amide bonds. The second kappa shape index (κ2) is 5.64. The molecule has 2 aromatic rings. The molecule has 1 aromatic carbocycles. The number of rotatable bonds is 1. The average Bonchev–Trinajstić information content (AvgIpc) is 3.27. The van der Waals surface area contributed by atoms with Crippen molar-refractivity contribution in [2.45, 2.75) is 50.7 Å². The normalized spacial score (nSPS) is 32.4. The van der Waals surface area contributed by atoms with E-state index < -0.39 is 5.79 Å². The summed E-state index contributed by atoms with van der Waals surface area (Å²) < 4.78 is 27.9. The van der Waals surface area contributed by atoms with Crippen LogP contribution in [0.4, 0.5) is 4.39 Å². The first-order valence-corrected chi connectivity index (χ1v) is 9.64. The molecule has 3 aliphatic rings. The van der Waals surface area contributed by atoms with Gasteiger partial charge in [-0.2, -0.15) is 0 Å². The number of ether oxygens (including phenoxy) is 2. The van der Waals surface area contributed by atoms with E-state index in [0.717, 1.165) is 31.4 Å². The molecular formula is C21H25FN2O2. The molecule has 1 saturated heterocycles. The number of halogens is 1. The van der Waals surface area contributed by atoms with E-state index in [-0.39, 0.29) is 11.2 Å². The van der Waals surface area contributed by atoms with Crippen LogP contribution in [0.15, 0.2) is 30.6 Å². The Morgan fingerprint density at radius 2 is 2.04 bits per heavy atom. The third-order valence-corrected chi connectivity index (χ3v) is 7.07. The van der Waals surface area contributed by atoms with Gasteiger partial charge in [0.15, 0.2) is 5.79 Å². The molecule has 26 heavy (non-hydrogen) atoms. The van der Waals surface area contributed by atoms with Crippen molar-refractivity contribution in [2.24, 2.45) is 11.8 Å². The van der Waals surface area contributed by atoms with Gasteiger partial charge >= 0.3 is 0 Å². The average molecular weight is 356 g/mol. The fraction of sp³-hybridized carbons (Fsp3) is 0.571. The van der Waals surface area contributed by atoms with Gasteiger partial charge in [-0.3, -0.25) is 0 Å². The number of aromatic nitrogens is 2. The zero-order chi connectivity index (χ0) is 17.9. The van der Waals surface area contributed by atoms with Gasteiger partial charge in [-0.05, 0) is 43.4 Å². The van der Waals surface area contributed by atoms with Gasteiger partial charge in [-0.25, -0.2) is 9.37 Å². The quantitative estimate of drug-likeness (QED) is 0.775. The fourth-order valence-electron chi connectivity index (χ4n) is 5.68. The molecule has 1 aliphatic heterocycles. The molecule has 0 N–H and O–H groups in total. The molecule has 0 radical (unpaired) electrons. The lowest BCUT2D eigenvalue weighted by Gasteiger charge is -2.53. The van der Waals surface area contributed by atoms with Crippen molar-refractivity contribution in [2.75, 3.05) is 13.2 Å². The van der Waals surface area contributed by atoms with Crippen LogP contribution in [0.3, 0.4) is 0 Å². The maximum Gasteiger partial charge on any atom is 0.171 e. The number of nitrogens with zero attached hydrogens (tertiary/aromatic N) is 2. The van der Waals surface area contributed by atoms with E-state index in [1.807, 2.05) is 12.4 Å². The lowest BCUT2D eigenvalue weighted by Crippen LogP contribution is -2.55. The Balaban J connectivity index is 1.54. The van der Waals surface area contributed by atoms with Gasteiger partial charge < -0.3 is 14.0 Å². The van der Waals surface area contributed by atoms with Gasteiger partial charge in [0, 0.05) is 29.1 Å². The summed E-state index contributed by atoms with van der Waals surface area (Å²) in [6, 6.07) is 6.76. The predicted octanol–water partition coefficient (Wildman–Crippen LogP) is 4.00. The number of benzene rings is 1. The van der Waals surface area contributed by atoms with E-state index >= 15 is 0 Å². The van der Waals surface area contributed by atoms with E-state index in [0.29, 0.717) is 25.0 Å².